The van der Waals surface area contributed by atoms with Crippen molar-refractivity contribution in [2.75, 3.05) is 13.2 Å². The minimum Gasteiger partial charge on any atom is -0.491 e. The topological polar surface area (TPSA) is 84.6 Å². The molecule has 1 aromatic rings. The number of hydrogen-bond acceptors (Lipinski definition) is 4. The molecule has 1 amide bonds. The number of nitrogens with one attached hydrogen (secondary N) is 1. The van der Waals surface area contributed by atoms with Crippen molar-refractivity contribution in [3.8, 4) is 5.75 Å². The smallest absolute Gasteiger partial charge is 0.221 e. The number of amides is 1. The highest BCUT2D eigenvalue weighted by Crippen LogP contribution is 2.12. The van der Waals surface area contributed by atoms with Crippen LogP contribution >= 0.6 is 12.4 Å². The second kappa shape index (κ2) is 9.58. The molecular weight excluding hydrogens is 280 g/mol. The van der Waals surface area contributed by atoms with Crippen molar-refractivity contribution in [3.05, 3.63) is 29.8 Å². The first kappa shape index (κ1) is 18.7. The SMILES string of the molecule is CC(C)NC[C@H](O)COc1ccc(CC(N)=O)cc1.Cl. The maximum atomic E-state index is 10.7. The van der Waals surface area contributed by atoms with E-state index in [-0.39, 0.29) is 31.3 Å². The number of ether oxygens (including phenoxy) is 1. The minimum absolute atomic E-state index is 0. The molecule has 114 valence electrons. The average molecular weight is 303 g/mol. The van der Waals surface area contributed by atoms with Gasteiger partial charge in [-0.2, -0.15) is 0 Å². The van der Waals surface area contributed by atoms with Gasteiger partial charge in [0.1, 0.15) is 18.5 Å². The third kappa shape index (κ3) is 7.99. The van der Waals surface area contributed by atoms with Crippen LogP contribution in [0, 0.1) is 0 Å². The van der Waals surface area contributed by atoms with E-state index in [4.69, 9.17) is 10.5 Å². The fraction of sp³-hybridized carbons (Fsp3) is 0.500. The Morgan fingerprint density at radius 2 is 1.95 bits per heavy atom. The largest absolute Gasteiger partial charge is 0.491 e. The Kier molecular flexibility index (Phi) is 8.96. The molecule has 0 aliphatic carbocycles. The zero-order chi connectivity index (χ0) is 14.3. The first-order chi connectivity index (χ1) is 8.97. The van der Waals surface area contributed by atoms with Gasteiger partial charge in [-0.25, -0.2) is 0 Å². The van der Waals surface area contributed by atoms with E-state index in [1.807, 2.05) is 13.8 Å². The molecule has 0 aliphatic rings. The standard InChI is InChI=1S/C14H22N2O3.ClH/c1-10(2)16-8-12(17)9-19-13-5-3-11(4-6-13)7-14(15)18;/h3-6,10,12,16-17H,7-9H2,1-2H3,(H2,15,18);1H/t12-;/m0./s1. The van der Waals surface area contributed by atoms with Gasteiger partial charge < -0.3 is 20.9 Å². The van der Waals surface area contributed by atoms with Gasteiger partial charge in [0.25, 0.3) is 0 Å². The van der Waals surface area contributed by atoms with Gasteiger partial charge in [0.15, 0.2) is 0 Å². The molecule has 0 radical (unpaired) electrons. The Bertz CT molecular complexity index is 396. The summed E-state index contributed by atoms with van der Waals surface area (Å²) in [7, 11) is 0. The van der Waals surface area contributed by atoms with Crippen molar-refractivity contribution in [2.45, 2.75) is 32.4 Å². The summed E-state index contributed by atoms with van der Waals surface area (Å²) in [4.78, 5) is 10.7. The van der Waals surface area contributed by atoms with Crippen LogP contribution in [-0.2, 0) is 11.2 Å². The van der Waals surface area contributed by atoms with Gasteiger partial charge >= 0.3 is 0 Å². The second-order valence-electron chi connectivity index (χ2n) is 4.81. The Hall–Kier alpha value is -1.30. The molecule has 6 heteroatoms. The molecule has 1 rings (SSSR count). The molecule has 0 aromatic heterocycles. The molecule has 1 aromatic carbocycles. The third-order valence-corrected chi connectivity index (χ3v) is 2.51. The molecule has 4 N–H and O–H groups in total. The molecule has 0 saturated heterocycles. The van der Waals surface area contributed by atoms with Gasteiger partial charge in [0.2, 0.25) is 5.91 Å². The number of carbonyl (C=O) groups is 1. The third-order valence-electron chi connectivity index (χ3n) is 2.51. The van der Waals surface area contributed by atoms with Gasteiger partial charge in [-0.15, -0.1) is 12.4 Å². The van der Waals surface area contributed by atoms with Crippen LogP contribution in [0.1, 0.15) is 19.4 Å². The summed E-state index contributed by atoms with van der Waals surface area (Å²) in [6.45, 7) is 4.77. The van der Waals surface area contributed by atoms with E-state index in [1.54, 1.807) is 24.3 Å². The molecule has 0 bridgehead atoms. The quantitative estimate of drug-likeness (QED) is 0.665. The lowest BCUT2D eigenvalue weighted by molar-refractivity contribution is -0.117. The highest BCUT2D eigenvalue weighted by molar-refractivity contribution is 5.85. The average Bonchev–Trinajstić information content (AvgIpc) is 2.35. The van der Waals surface area contributed by atoms with E-state index >= 15 is 0 Å². The summed E-state index contributed by atoms with van der Waals surface area (Å²) < 4.78 is 5.45. The number of hydrogen-bond donors (Lipinski definition) is 3. The Morgan fingerprint density at radius 1 is 1.35 bits per heavy atom. The molecule has 1 atom stereocenters. The number of aliphatic hydroxyl groups excluding tert-OH is 1. The maximum Gasteiger partial charge on any atom is 0.221 e. The lowest BCUT2D eigenvalue weighted by Crippen LogP contribution is -2.35. The van der Waals surface area contributed by atoms with E-state index < -0.39 is 6.10 Å². The summed E-state index contributed by atoms with van der Waals surface area (Å²) in [5.74, 6) is 0.306. The molecule has 0 unspecified atom stereocenters. The van der Waals surface area contributed by atoms with Crippen LogP contribution in [0.25, 0.3) is 0 Å². The Labute approximate surface area is 125 Å². The molecule has 0 aliphatic heterocycles. The van der Waals surface area contributed by atoms with Crippen molar-refractivity contribution in [1.82, 2.24) is 5.32 Å². The summed E-state index contributed by atoms with van der Waals surface area (Å²) in [5, 5.41) is 12.8. The predicted molar refractivity (Wildman–Crippen MR) is 81.2 cm³/mol. The van der Waals surface area contributed by atoms with Gasteiger partial charge in [0, 0.05) is 12.6 Å². The number of nitrogens with two attached hydrogens (primary N) is 1. The zero-order valence-corrected chi connectivity index (χ0v) is 12.7. The van der Waals surface area contributed by atoms with Crippen LogP contribution in [0.2, 0.25) is 0 Å². The summed E-state index contributed by atoms with van der Waals surface area (Å²) in [6.07, 6.45) is -0.325. The Balaban J connectivity index is 0.00000361. The minimum atomic E-state index is -0.548. The van der Waals surface area contributed by atoms with Gasteiger partial charge in [0.05, 0.1) is 6.42 Å². The van der Waals surface area contributed by atoms with Gasteiger partial charge in [-0.3, -0.25) is 4.79 Å². The summed E-state index contributed by atoms with van der Waals surface area (Å²) in [6, 6.07) is 7.45. The lowest BCUT2D eigenvalue weighted by atomic mass is 10.1. The summed E-state index contributed by atoms with van der Waals surface area (Å²) in [5.41, 5.74) is 5.96. The van der Waals surface area contributed by atoms with Crippen LogP contribution in [0.15, 0.2) is 24.3 Å². The first-order valence-corrected chi connectivity index (χ1v) is 6.39. The monoisotopic (exact) mass is 302 g/mol. The number of aliphatic hydroxyl groups is 1. The van der Waals surface area contributed by atoms with Gasteiger partial charge in [-0.1, -0.05) is 26.0 Å². The first-order valence-electron chi connectivity index (χ1n) is 6.39. The number of rotatable bonds is 8. The van der Waals surface area contributed by atoms with Crippen molar-refractivity contribution in [1.29, 1.82) is 0 Å². The number of primary amides is 1. The molecular formula is C14H23ClN2O3. The summed E-state index contributed by atoms with van der Waals surface area (Å²) >= 11 is 0. The predicted octanol–water partition coefficient (Wildman–Crippen LogP) is 0.874. The highest BCUT2D eigenvalue weighted by Gasteiger charge is 2.06. The number of carbonyl (C=O) groups excluding carboxylic acids is 1. The highest BCUT2D eigenvalue weighted by atomic mass is 35.5. The lowest BCUT2D eigenvalue weighted by Gasteiger charge is -2.15. The fourth-order valence-corrected chi connectivity index (χ4v) is 1.53. The molecule has 20 heavy (non-hydrogen) atoms. The van der Waals surface area contributed by atoms with Gasteiger partial charge in [-0.05, 0) is 17.7 Å². The van der Waals surface area contributed by atoms with E-state index in [0.29, 0.717) is 18.3 Å². The normalized spacial score (nSPS) is 11.8. The van der Waals surface area contributed by atoms with Crippen LogP contribution < -0.4 is 15.8 Å². The van der Waals surface area contributed by atoms with Crippen molar-refractivity contribution in [2.24, 2.45) is 5.73 Å². The van der Waals surface area contributed by atoms with E-state index in [9.17, 15) is 9.90 Å². The molecule has 5 nitrogen and oxygen atoms in total. The number of benzene rings is 1. The van der Waals surface area contributed by atoms with Crippen LogP contribution in [0.4, 0.5) is 0 Å². The van der Waals surface area contributed by atoms with Crippen LogP contribution in [-0.4, -0.2) is 36.3 Å². The van der Waals surface area contributed by atoms with Crippen molar-refractivity contribution >= 4 is 18.3 Å². The molecule has 0 saturated carbocycles. The van der Waals surface area contributed by atoms with E-state index in [1.165, 1.54) is 0 Å². The van der Waals surface area contributed by atoms with Crippen LogP contribution in [0.5, 0.6) is 5.75 Å². The molecule has 0 fully saturated rings. The molecule has 0 spiro atoms. The molecule has 0 heterocycles. The van der Waals surface area contributed by atoms with Crippen molar-refractivity contribution < 1.29 is 14.6 Å². The van der Waals surface area contributed by atoms with Crippen molar-refractivity contribution in [3.63, 3.8) is 0 Å². The number of halogens is 1. The van der Waals surface area contributed by atoms with E-state index in [0.717, 1.165) is 5.56 Å². The second-order valence-corrected chi connectivity index (χ2v) is 4.81. The Morgan fingerprint density at radius 3 is 2.45 bits per heavy atom. The van der Waals surface area contributed by atoms with E-state index in [2.05, 4.69) is 5.32 Å². The van der Waals surface area contributed by atoms with Crippen LogP contribution in [0.3, 0.4) is 0 Å². The fourth-order valence-electron chi connectivity index (χ4n) is 1.53. The maximum absolute atomic E-state index is 10.7. The zero-order valence-electron chi connectivity index (χ0n) is 11.8.